The van der Waals surface area contributed by atoms with Gasteiger partial charge in [-0.3, -0.25) is 0 Å². The van der Waals surface area contributed by atoms with Crippen molar-refractivity contribution in [1.82, 2.24) is 10.3 Å². The second-order valence-corrected chi connectivity index (χ2v) is 5.12. The van der Waals surface area contributed by atoms with Crippen LogP contribution in [0.15, 0.2) is 36.5 Å². The van der Waals surface area contributed by atoms with Gasteiger partial charge in [-0.05, 0) is 17.7 Å². The first-order chi connectivity index (χ1) is 9.54. The van der Waals surface area contributed by atoms with Crippen LogP contribution >= 0.6 is 11.6 Å². The van der Waals surface area contributed by atoms with E-state index in [2.05, 4.69) is 24.1 Å². The van der Waals surface area contributed by atoms with Crippen molar-refractivity contribution in [1.29, 1.82) is 0 Å². The van der Waals surface area contributed by atoms with Gasteiger partial charge in [0.25, 0.3) is 0 Å². The van der Waals surface area contributed by atoms with Gasteiger partial charge in [0.2, 0.25) is 5.88 Å². The predicted octanol–water partition coefficient (Wildman–Crippen LogP) is 4.16. The fourth-order valence-electron chi connectivity index (χ4n) is 1.62. The summed E-state index contributed by atoms with van der Waals surface area (Å²) in [6.45, 7) is 4.73. The summed E-state index contributed by atoms with van der Waals surface area (Å²) in [4.78, 5) is 4.09. The Hall–Kier alpha value is -1.65. The summed E-state index contributed by atoms with van der Waals surface area (Å²) in [6, 6.07) is 8.03. The maximum absolute atomic E-state index is 13.1. The number of nitrogens with one attached hydrogen (secondary N) is 1. The Morgan fingerprint density at radius 1 is 1.35 bits per heavy atom. The maximum Gasteiger partial charge on any atom is 0.219 e. The van der Waals surface area contributed by atoms with Crippen LogP contribution in [0.1, 0.15) is 19.4 Å². The molecule has 0 fully saturated rings. The molecule has 1 N–H and O–H groups in total. The molecule has 2 rings (SSSR count). The highest BCUT2D eigenvalue weighted by Gasteiger charge is 2.06. The number of ether oxygens (including phenoxy) is 1. The van der Waals surface area contributed by atoms with Crippen LogP contribution < -0.4 is 10.1 Å². The number of hydrogen-bond acceptors (Lipinski definition) is 3. The third-order valence-electron chi connectivity index (χ3n) is 2.63. The van der Waals surface area contributed by atoms with E-state index in [0.717, 1.165) is 5.56 Å². The van der Waals surface area contributed by atoms with Crippen LogP contribution in [-0.4, -0.2) is 11.0 Å². The Kier molecular flexibility index (Phi) is 4.93. The lowest BCUT2D eigenvalue weighted by molar-refractivity contribution is 0.456. The highest BCUT2D eigenvalue weighted by Crippen LogP contribution is 2.24. The van der Waals surface area contributed by atoms with Crippen molar-refractivity contribution >= 4 is 11.6 Å². The summed E-state index contributed by atoms with van der Waals surface area (Å²) in [5.74, 6) is 0.446. The van der Waals surface area contributed by atoms with Crippen LogP contribution in [-0.2, 0) is 6.54 Å². The lowest BCUT2D eigenvalue weighted by atomic mass is 10.2. The molecule has 1 heterocycles. The number of aromatic nitrogens is 1. The molecular formula is C15H16ClFN2O. The van der Waals surface area contributed by atoms with Crippen molar-refractivity contribution in [2.75, 3.05) is 0 Å². The van der Waals surface area contributed by atoms with Gasteiger partial charge < -0.3 is 10.1 Å². The zero-order chi connectivity index (χ0) is 14.5. The first kappa shape index (κ1) is 14.8. The first-order valence-electron chi connectivity index (χ1n) is 6.36. The number of pyridine rings is 1. The number of rotatable bonds is 5. The van der Waals surface area contributed by atoms with E-state index >= 15 is 0 Å². The average molecular weight is 295 g/mol. The molecule has 0 saturated heterocycles. The molecule has 0 bridgehead atoms. The van der Waals surface area contributed by atoms with E-state index in [1.165, 1.54) is 18.3 Å². The van der Waals surface area contributed by atoms with Crippen molar-refractivity contribution in [3.8, 4) is 11.6 Å². The molecular weight excluding hydrogens is 279 g/mol. The van der Waals surface area contributed by atoms with Crippen LogP contribution in [0.3, 0.4) is 0 Å². The molecule has 0 atom stereocenters. The van der Waals surface area contributed by atoms with E-state index in [0.29, 0.717) is 29.2 Å². The third kappa shape index (κ3) is 4.18. The molecule has 106 valence electrons. The molecule has 0 unspecified atom stereocenters. The topological polar surface area (TPSA) is 34.1 Å². The van der Waals surface area contributed by atoms with E-state index in [4.69, 9.17) is 16.3 Å². The van der Waals surface area contributed by atoms with Crippen LogP contribution in [0.5, 0.6) is 11.6 Å². The van der Waals surface area contributed by atoms with E-state index in [1.54, 1.807) is 18.2 Å². The van der Waals surface area contributed by atoms with E-state index in [9.17, 15) is 4.39 Å². The van der Waals surface area contributed by atoms with Gasteiger partial charge in [-0.15, -0.1) is 0 Å². The van der Waals surface area contributed by atoms with Crippen molar-refractivity contribution in [3.05, 3.63) is 52.9 Å². The fourth-order valence-corrected chi connectivity index (χ4v) is 1.79. The largest absolute Gasteiger partial charge is 0.439 e. The Labute approximate surface area is 122 Å². The molecule has 20 heavy (non-hydrogen) atoms. The smallest absolute Gasteiger partial charge is 0.219 e. The highest BCUT2D eigenvalue weighted by molar-refractivity contribution is 6.31. The van der Waals surface area contributed by atoms with Crippen LogP contribution in [0, 0.1) is 5.82 Å². The van der Waals surface area contributed by atoms with Crippen LogP contribution in [0.4, 0.5) is 4.39 Å². The zero-order valence-electron chi connectivity index (χ0n) is 11.4. The van der Waals surface area contributed by atoms with Crippen LogP contribution in [0.2, 0.25) is 5.02 Å². The van der Waals surface area contributed by atoms with Crippen LogP contribution in [0.25, 0.3) is 0 Å². The molecule has 1 aromatic carbocycles. The monoisotopic (exact) mass is 294 g/mol. The molecule has 5 heteroatoms. The molecule has 2 aromatic rings. The van der Waals surface area contributed by atoms with Crippen molar-refractivity contribution in [3.63, 3.8) is 0 Å². The predicted molar refractivity (Wildman–Crippen MR) is 77.7 cm³/mol. The Morgan fingerprint density at radius 3 is 2.85 bits per heavy atom. The average Bonchev–Trinajstić information content (AvgIpc) is 2.39. The highest BCUT2D eigenvalue weighted by atomic mass is 35.5. The standard InChI is InChI=1S/C15H16ClFN2O/c1-10(2)18-8-11-6-15(19-9-14(11)16)20-13-5-3-4-12(17)7-13/h3-7,9-10,18H,8H2,1-2H3. The lowest BCUT2D eigenvalue weighted by Crippen LogP contribution is -2.22. The molecule has 0 saturated carbocycles. The number of halogens is 2. The van der Waals surface area contributed by atoms with Gasteiger partial charge in [-0.2, -0.15) is 0 Å². The normalized spacial score (nSPS) is 10.8. The van der Waals surface area contributed by atoms with Gasteiger partial charge in [0.1, 0.15) is 11.6 Å². The van der Waals surface area contributed by atoms with Gasteiger partial charge in [-0.25, -0.2) is 9.37 Å². The van der Waals surface area contributed by atoms with Gasteiger partial charge in [-0.1, -0.05) is 31.5 Å². The Balaban J connectivity index is 2.14. The molecule has 0 aliphatic rings. The maximum atomic E-state index is 13.1. The molecule has 0 amide bonds. The molecule has 0 spiro atoms. The summed E-state index contributed by atoms with van der Waals surface area (Å²) in [5.41, 5.74) is 0.891. The summed E-state index contributed by atoms with van der Waals surface area (Å²) >= 11 is 6.09. The Morgan fingerprint density at radius 2 is 2.15 bits per heavy atom. The number of nitrogens with zero attached hydrogens (tertiary/aromatic N) is 1. The van der Waals surface area contributed by atoms with Gasteiger partial charge >= 0.3 is 0 Å². The first-order valence-corrected chi connectivity index (χ1v) is 6.73. The fraction of sp³-hybridized carbons (Fsp3) is 0.267. The minimum Gasteiger partial charge on any atom is -0.439 e. The second kappa shape index (κ2) is 6.68. The number of benzene rings is 1. The lowest BCUT2D eigenvalue weighted by Gasteiger charge is -2.11. The minimum absolute atomic E-state index is 0.349. The van der Waals surface area contributed by atoms with E-state index in [1.807, 2.05) is 0 Å². The summed E-state index contributed by atoms with van der Waals surface area (Å²) in [5, 5.41) is 3.85. The molecule has 0 aliphatic carbocycles. The quantitative estimate of drug-likeness (QED) is 0.899. The molecule has 0 aliphatic heterocycles. The zero-order valence-corrected chi connectivity index (χ0v) is 12.1. The minimum atomic E-state index is -0.349. The SMILES string of the molecule is CC(C)NCc1cc(Oc2cccc(F)c2)ncc1Cl. The molecule has 3 nitrogen and oxygen atoms in total. The van der Waals surface area contributed by atoms with Gasteiger partial charge in [0.15, 0.2) is 0 Å². The van der Waals surface area contributed by atoms with Crippen molar-refractivity contribution in [2.24, 2.45) is 0 Å². The summed E-state index contributed by atoms with van der Waals surface area (Å²) in [6.07, 6.45) is 1.54. The van der Waals surface area contributed by atoms with E-state index < -0.39 is 0 Å². The second-order valence-electron chi connectivity index (χ2n) is 4.71. The molecule has 0 radical (unpaired) electrons. The third-order valence-corrected chi connectivity index (χ3v) is 2.97. The van der Waals surface area contributed by atoms with Crippen molar-refractivity contribution < 1.29 is 9.13 Å². The molecule has 1 aromatic heterocycles. The number of hydrogen-bond donors (Lipinski definition) is 1. The Bertz CT molecular complexity index is 590. The van der Waals surface area contributed by atoms with E-state index in [-0.39, 0.29) is 5.82 Å². The van der Waals surface area contributed by atoms with Gasteiger partial charge in [0, 0.05) is 30.9 Å². The summed E-state index contributed by atoms with van der Waals surface area (Å²) < 4.78 is 18.6. The summed E-state index contributed by atoms with van der Waals surface area (Å²) in [7, 11) is 0. The van der Waals surface area contributed by atoms with Crippen molar-refractivity contribution in [2.45, 2.75) is 26.4 Å². The van der Waals surface area contributed by atoms with Gasteiger partial charge in [0.05, 0.1) is 5.02 Å².